The average molecular weight is 511 g/mol. The van der Waals surface area contributed by atoms with Crippen molar-refractivity contribution in [1.29, 1.82) is 0 Å². The molecule has 0 radical (unpaired) electrons. The zero-order valence-electron chi connectivity index (χ0n) is 19.7. The van der Waals surface area contributed by atoms with Crippen molar-refractivity contribution < 1.29 is 41.9 Å². The van der Waals surface area contributed by atoms with Crippen molar-refractivity contribution in [1.82, 2.24) is 0 Å². The zero-order valence-corrected chi connectivity index (χ0v) is 20.5. The van der Waals surface area contributed by atoms with Gasteiger partial charge >= 0.3 is 17.9 Å². The van der Waals surface area contributed by atoms with Crippen molar-refractivity contribution in [3.63, 3.8) is 0 Å². The summed E-state index contributed by atoms with van der Waals surface area (Å²) in [7, 11) is -4.10. The van der Waals surface area contributed by atoms with E-state index in [2.05, 4.69) is 9.73 Å². The van der Waals surface area contributed by atoms with Crippen LogP contribution in [0.4, 0.5) is 5.69 Å². The molecule has 0 bridgehead atoms. The summed E-state index contributed by atoms with van der Waals surface area (Å²) in [4.78, 5) is 52.1. The lowest BCUT2D eigenvalue weighted by Gasteiger charge is -2.32. The monoisotopic (exact) mass is 510 g/mol. The van der Waals surface area contributed by atoms with Gasteiger partial charge in [0.05, 0.1) is 35.2 Å². The number of nitro groups is 1. The molecule has 0 aliphatic carbocycles. The molecular formula is C22H26N2O10S. The van der Waals surface area contributed by atoms with Crippen molar-refractivity contribution in [3.8, 4) is 0 Å². The first-order chi connectivity index (χ1) is 16.4. The van der Waals surface area contributed by atoms with Crippen molar-refractivity contribution in [2.75, 3.05) is 24.9 Å². The van der Waals surface area contributed by atoms with E-state index >= 15 is 0 Å². The van der Waals surface area contributed by atoms with Gasteiger partial charge in [0.2, 0.25) is 0 Å². The normalized spacial score (nSPS) is 17.9. The number of hydrogen-bond acceptors (Lipinski definition) is 11. The smallest absolute Gasteiger partial charge is 0.336 e. The molecule has 0 fully saturated rings. The predicted octanol–water partition coefficient (Wildman–Crippen LogP) is 2.08. The van der Waals surface area contributed by atoms with E-state index in [0.717, 1.165) is 6.92 Å². The van der Waals surface area contributed by atoms with Gasteiger partial charge in [-0.05, 0) is 26.3 Å². The number of sulfone groups is 1. The average Bonchev–Trinajstić information content (AvgIpc) is 2.77. The minimum atomic E-state index is -4.10. The maximum atomic E-state index is 13.1. The number of aliphatic imine (C=N–C) groups is 1. The summed E-state index contributed by atoms with van der Waals surface area (Å²) < 4.78 is 40.2. The first-order valence-corrected chi connectivity index (χ1v) is 12.4. The van der Waals surface area contributed by atoms with E-state index in [1.165, 1.54) is 38.1 Å². The van der Waals surface area contributed by atoms with E-state index in [9.17, 15) is 32.9 Å². The molecule has 1 aliphatic rings. The highest BCUT2D eigenvalue weighted by molar-refractivity contribution is 7.91. The van der Waals surface area contributed by atoms with Crippen LogP contribution in [0, 0.1) is 16.0 Å². The molecule has 1 aliphatic heterocycles. The minimum absolute atomic E-state index is 0.0202. The van der Waals surface area contributed by atoms with Crippen LogP contribution in [0.25, 0.3) is 0 Å². The Morgan fingerprint density at radius 2 is 1.77 bits per heavy atom. The standard InChI is InChI=1S/C22H26N2O10S/c1-5-32-21(26)18-13(3)23-17(11-35(30,31)12-34-14(4)25)20(22(27)33-6-2)19(18)15-8-7-9-16(10-15)24(28)29/h7-10,18-19H,5-6,11-12H2,1-4H3. The number of carbonyl (C=O) groups excluding carboxylic acids is 3. The van der Waals surface area contributed by atoms with Crippen LogP contribution in [0.2, 0.25) is 0 Å². The van der Waals surface area contributed by atoms with Gasteiger partial charge < -0.3 is 14.2 Å². The van der Waals surface area contributed by atoms with Crippen LogP contribution < -0.4 is 0 Å². The summed E-state index contributed by atoms with van der Waals surface area (Å²) in [6, 6.07) is 5.30. The Bertz CT molecular complexity index is 1190. The maximum absolute atomic E-state index is 13.1. The van der Waals surface area contributed by atoms with E-state index in [-0.39, 0.29) is 41.4 Å². The lowest BCUT2D eigenvalue weighted by molar-refractivity contribution is -0.384. The quantitative estimate of drug-likeness (QED) is 0.197. The molecule has 0 saturated carbocycles. The molecule has 1 heterocycles. The van der Waals surface area contributed by atoms with Gasteiger partial charge in [-0.2, -0.15) is 0 Å². The SMILES string of the molecule is CCOC(=O)C1=C(CS(=O)(=O)COC(C)=O)N=C(C)C(C(=O)OCC)C1c1cccc([N+](=O)[O-])c1. The largest absolute Gasteiger partial charge is 0.465 e. The molecule has 0 saturated heterocycles. The number of rotatable bonds is 10. The van der Waals surface area contributed by atoms with Gasteiger partial charge in [-0.15, -0.1) is 0 Å². The number of esters is 3. The highest BCUT2D eigenvalue weighted by Crippen LogP contribution is 2.41. The Hall–Kier alpha value is -3.61. The van der Waals surface area contributed by atoms with Crippen molar-refractivity contribution in [2.45, 2.75) is 33.6 Å². The van der Waals surface area contributed by atoms with Gasteiger partial charge in [0.1, 0.15) is 5.92 Å². The first kappa shape index (κ1) is 27.6. The van der Waals surface area contributed by atoms with E-state index < -0.39 is 56.2 Å². The third-order valence-electron chi connectivity index (χ3n) is 4.99. The fraction of sp³-hybridized carbons (Fsp3) is 0.455. The third kappa shape index (κ3) is 6.94. The molecule has 0 N–H and O–H groups in total. The maximum Gasteiger partial charge on any atom is 0.336 e. The highest BCUT2D eigenvalue weighted by Gasteiger charge is 2.44. The summed E-state index contributed by atoms with van der Waals surface area (Å²) in [5.41, 5.74) is -0.416. The predicted molar refractivity (Wildman–Crippen MR) is 123 cm³/mol. The van der Waals surface area contributed by atoms with E-state index in [4.69, 9.17) is 9.47 Å². The molecule has 1 aromatic rings. The van der Waals surface area contributed by atoms with Crippen LogP contribution in [0.3, 0.4) is 0 Å². The lowest BCUT2D eigenvalue weighted by atomic mass is 9.75. The van der Waals surface area contributed by atoms with Crippen molar-refractivity contribution in [2.24, 2.45) is 10.9 Å². The molecule has 13 heteroatoms. The number of carbonyl (C=O) groups is 3. The molecule has 2 atom stereocenters. The molecule has 0 aromatic heterocycles. The topological polar surface area (TPSA) is 169 Å². The van der Waals surface area contributed by atoms with Gasteiger partial charge in [0.15, 0.2) is 15.8 Å². The summed E-state index contributed by atoms with van der Waals surface area (Å²) in [5.74, 6) is -6.58. The van der Waals surface area contributed by atoms with Gasteiger partial charge in [-0.1, -0.05) is 12.1 Å². The van der Waals surface area contributed by atoms with Gasteiger partial charge in [0, 0.05) is 30.7 Å². The zero-order chi connectivity index (χ0) is 26.3. The second-order valence-corrected chi connectivity index (χ2v) is 9.55. The number of nitro benzene ring substituents is 1. The molecule has 1 aromatic carbocycles. The van der Waals surface area contributed by atoms with Crippen molar-refractivity contribution in [3.05, 3.63) is 51.2 Å². The van der Waals surface area contributed by atoms with Gasteiger partial charge in [-0.3, -0.25) is 24.7 Å². The molecule has 12 nitrogen and oxygen atoms in total. The Morgan fingerprint density at radius 3 is 2.34 bits per heavy atom. The summed E-state index contributed by atoms with van der Waals surface area (Å²) in [5, 5.41) is 11.4. The molecule has 35 heavy (non-hydrogen) atoms. The molecule has 2 unspecified atom stereocenters. The third-order valence-corrected chi connectivity index (χ3v) is 6.18. The summed E-state index contributed by atoms with van der Waals surface area (Å²) in [6.45, 7) is 5.59. The Morgan fingerprint density at radius 1 is 1.11 bits per heavy atom. The molecular weight excluding hydrogens is 484 g/mol. The van der Waals surface area contributed by atoms with Crippen LogP contribution in [0.1, 0.15) is 39.2 Å². The molecule has 0 spiro atoms. The Labute approximate surface area is 202 Å². The second-order valence-electron chi connectivity index (χ2n) is 7.54. The van der Waals surface area contributed by atoms with E-state index in [1.54, 1.807) is 6.92 Å². The molecule has 190 valence electrons. The fourth-order valence-electron chi connectivity index (χ4n) is 3.65. The number of benzene rings is 1. The molecule has 0 amide bonds. The Kier molecular flexibility index (Phi) is 9.23. The number of nitrogens with zero attached hydrogens (tertiary/aromatic N) is 2. The number of non-ortho nitro benzene ring substituents is 1. The highest BCUT2D eigenvalue weighted by atomic mass is 32.2. The van der Waals surface area contributed by atoms with E-state index in [1.807, 2.05) is 0 Å². The first-order valence-electron chi connectivity index (χ1n) is 10.6. The fourth-order valence-corrected chi connectivity index (χ4v) is 4.71. The van der Waals surface area contributed by atoms with Crippen LogP contribution in [-0.4, -0.2) is 61.9 Å². The summed E-state index contributed by atoms with van der Waals surface area (Å²) in [6.07, 6.45) is 0. The van der Waals surface area contributed by atoms with Gasteiger partial charge in [-0.25, -0.2) is 13.2 Å². The van der Waals surface area contributed by atoms with Gasteiger partial charge in [0.25, 0.3) is 5.69 Å². The number of hydrogen-bond donors (Lipinski definition) is 0. The summed E-state index contributed by atoms with van der Waals surface area (Å²) >= 11 is 0. The lowest BCUT2D eigenvalue weighted by Crippen LogP contribution is -2.37. The number of ether oxygens (including phenoxy) is 3. The van der Waals surface area contributed by atoms with Crippen LogP contribution in [-0.2, 0) is 38.4 Å². The van der Waals surface area contributed by atoms with E-state index in [0.29, 0.717) is 0 Å². The van der Waals surface area contributed by atoms with Crippen LogP contribution >= 0.6 is 0 Å². The van der Waals surface area contributed by atoms with Crippen molar-refractivity contribution >= 4 is 39.1 Å². The van der Waals surface area contributed by atoms with Crippen LogP contribution in [0.5, 0.6) is 0 Å². The molecule has 2 rings (SSSR count). The Balaban J connectivity index is 2.78. The minimum Gasteiger partial charge on any atom is -0.465 e. The van der Waals surface area contributed by atoms with Crippen LogP contribution in [0.15, 0.2) is 40.5 Å². The second kappa shape index (κ2) is 11.7.